The smallest absolute Gasteiger partial charge is 0.295 e. The summed E-state index contributed by atoms with van der Waals surface area (Å²) in [5.41, 5.74) is 5.27. The van der Waals surface area contributed by atoms with Gasteiger partial charge in [-0.1, -0.05) is 18.2 Å². The van der Waals surface area contributed by atoms with E-state index >= 15 is 0 Å². The van der Waals surface area contributed by atoms with Crippen molar-refractivity contribution in [3.05, 3.63) is 99.7 Å². The summed E-state index contributed by atoms with van der Waals surface area (Å²) >= 11 is 0. The van der Waals surface area contributed by atoms with E-state index in [1.54, 1.807) is 12.1 Å². The lowest BCUT2D eigenvalue weighted by molar-refractivity contribution is 0.0847. The van der Waals surface area contributed by atoms with Gasteiger partial charge in [0.2, 0.25) is 5.91 Å². The molecule has 142 valence electrons. The summed E-state index contributed by atoms with van der Waals surface area (Å²) in [6.45, 7) is -0.174. The van der Waals surface area contributed by atoms with Crippen molar-refractivity contribution >= 4 is 17.5 Å². The number of halogens is 1. The fourth-order valence-electron chi connectivity index (χ4n) is 2.42. The number of carbonyl (C=O) groups excluding carboxylic acids is 2. The first-order valence-corrected chi connectivity index (χ1v) is 8.25. The van der Waals surface area contributed by atoms with Gasteiger partial charge in [-0.05, 0) is 42.5 Å². The highest BCUT2D eigenvalue weighted by molar-refractivity contribution is 6.04. The Kier molecular flexibility index (Phi) is 5.50. The second-order valence-corrected chi connectivity index (χ2v) is 5.81. The number of anilines is 1. The standard InChI is InChI=1S/C20H16FN3O4/c21-17-6-2-1-4-14(17)12-28-24-11-3-5-16(20(24)27)19(26)23-15-9-7-13(8-10-15)18(22)25/h1-11H,12H2,(H2,22,25)(H,23,26). The van der Waals surface area contributed by atoms with Crippen molar-refractivity contribution in [3.8, 4) is 0 Å². The van der Waals surface area contributed by atoms with E-state index in [2.05, 4.69) is 5.32 Å². The Morgan fingerprint density at radius 1 is 1.04 bits per heavy atom. The van der Waals surface area contributed by atoms with Gasteiger partial charge in [0.15, 0.2) is 0 Å². The highest BCUT2D eigenvalue weighted by Crippen LogP contribution is 2.10. The summed E-state index contributed by atoms with van der Waals surface area (Å²) < 4.78 is 14.5. The van der Waals surface area contributed by atoms with Crippen molar-refractivity contribution in [3.63, 3.8) is 0 Å². The number of rotatable bonds is 6. The molecule has 0 saturated carbocycles. The van der Waals surface area contributed by atoms with Crippen LogP contribution in [0.4, 0.5) is 10.1 Å². The maximum atomic E-state index is 13.7. The lowest BCUT2D eigenvalue weighted by atomic mass is 10.2. The molecule has 2 amide bonds. The maximum Gasteiger partial charge on any atom is 0.295 e. The third kappa shape index (κ3) is 4.24. The Bertz CT molecular complexity index is 1080. The molecular weight excluding hydrogens is 365 g/mol. The van der Waals surface area contributed by atoms with E-state index in [0.717, 1.165) is 4.73 Å². The van der Waals surface area contributed by atoms with E-state index in [9.17, 15) is 18.8 Å². The normalized spacial score (nSPS) is 10.3. The van der Waals surface area contributed by atoms with Gasteiger partial charge in [0.05, 0.1) is 0 Å². The number of carbonyl (C=O) groups is 2. The zero-order valence-electron chi connectivity index (χ0n) is 14.6. The molecule has 0 spiro atoms. The van der Waals surface area contributed by atoms with Crippen LogP contribution in [0.15, 0.2) is 71.7 Å². The van der Waals surface area contributed by atoms with Crippen LogP contribution < -0.4 is 21.4 Å². The summed E-state index contributed by atoms with van der Waals surface area (Å²) in [5.74, 6) is -1.69. The fraction of sp³-hybridized carbons (Fsp3) is 0.0500. The molecule has 0 aliphatic carbocycles. The predicted molar refractivity (Wildman–Crippen MR) is 100 cm³/mol. The van der Waals surface area contributed by atoms with Crippen molar-refractivity contribution in [2.24, 2.45) is 5.73 Å². The molecule has 0 aliphatic heterocycles. The zero-order valence-corrected chi connectivity index (χ0v) is 14.6. The number of hydrogen-bond donors (Lipinski definition) is 2. The quantitative estimate of drug-likeness (QED) is 0.681. The van der Waals surface area contributed by atoms with Crippen LogP contribution in [0.1, 0.15) is 26.3 Å². The fourth-order valence-corrected chi connectivity index (χ4v) is 2.42. The molecule has 0 unspecified atom stereocenters. The number of nitrogens with two attached hydrogens (primary N) is 1. The molecular formula is C20H16FN3O4. The Morgan fingerprint density at radius 3 is 2.43 bits per heavy atom. The molecule has 0 bridgehead atoms. The average molecular weight is 381 g/mol. The van der Waals surface area contributed by atoms with Crippen LogP contribution in [0, 0.1) is 5.82 Å². The van der Waals surface area contributed by atoms with Gasteiger partial charge < -0.3 is 15.9 Å². The van der Waals surface area contributed by atoms with E-state index in [0.29, 0.717) is 11.3 Å². The summed E-state index contributed by atoms with van der Waals surface area (Å²) in [6.07, 6.45) is 1.33. The van der Waals surface area contributed by atoms with E-state index in [1.807, 2.05) is 0 Å². The number of nitrogens with zero attached hydrogens (tertiary/aromatic N) is 1. The van der Waals surface area contributed by atoms with Crippen LogP contribution >= 0.6 is 0 Å². The lowest BCUT2D eigenvalue weighted by Gasteiger charge is -2.11. The molecule has 0 aliphatic rings. The van der Waals surface area contributed by atoms with Crippen molar-refractivity contribution < 1.29 is 18.8 Å². The van der Waals surface area contributed by atoms with Gasteiger partial charge >= 0.3 is 0 Å². The van der Waals surface area contributed by atoms with E-state index in [4.69, 9.17) is 10.6 Å². The van der Waals surface area contributed by atoms with Gasteiger partial charge in [-0.3, -0.25) is 14.4 Å². The van der Waals surface area contributed by atoms with E-state index < -0.39 is 23.2 Å². The monoisotopic (exact) mass is 381 g/mol. The Labute approximate surface area is 159 Å². The minimum Gasteiger partial charge on any atom is -0.406 e. The molecule has 1 aromatic heterocycles. The number of aromatic nitrogens is 1. The van der Waals surface area contributed by atoms with Gasteiger partial charge in [-0.25, -0.2) is 4.39 Å². The first-order chi connectivity index (χ1) is 13.5. The summed E-state index contributed by atoms with van der Waals surface area (Å²) in [6, 6.07) is 14.7. The molecule has 3 aromatic rings. The predicted octanol–water partition coefficient (Wildman–Crippen LogP) is 1.97. The number of amides is 2. The van der Waals surface area contributed by atoms with Gasteiger partial charge in [0.1, 0.15) is 18.0 Å². The topological polar surface area (TPSA) is 103 Å². The number of primary amides is 1. The second kappa shape index (κ2) is 8.17. The molecule has 2 aromatic carbocycles. The third-order valence-corrected chi connectivity index (χ3v) is 3.90. The molecule has 0 fully saturated rings. The zero-order chi connectivity index (χ0) is 20.1. The summed E-state index contributed by atoms with van der Waals surface area (Å²) in [4.78, 5) is 41.3. The van der Waals surface area contributed by atoms with Gasteiger partial charge in [0.25, 0.3) is 11.5 Å². The molecule has 3 rings (SSSR count). The first-order valence-electron chi connectivity index (χ1n) is 8.25. The van der Waals surface area contributed by atoms with E-state index in [1.165, 1.54) is 54.7 Å². The lowest BCUT2D eigenvalue weighted by Crippen LogP contribution is -2.32. The van der Waals surface area contributed by atoms with Crippen molar-refractivity contribution in [1.29, 1.82) is 0 Å². The van der Waals surface area contributed by atoms with Crippen LogP contribution in [-0.2, 0) is 6.61 Å². The minimum atomic E-state index is -0.690. The van der Waals surface area contributed by atoms with Crippen LogP contribution in [-0.4, -0.2) is 16.5 Å². The third-order valence-electron chi connectivity index (χ3n) is 3.90. The molecule has 28 heavy (non-hydrogen) atoms. The van der Waals surface area contributed by atoms with Crippen molar-refractivity contribution in [2.75, 3.05) is 5.32 Å². The van der Waals surface area contributed by atoms with Crippen LogP contribution in [0.5, 0.6) is 0 Å². The van der Waals surface area contributed by atoms with Crippen molar-refractivity contribution in [2.45, 2.75) is 6.61 Å². The average Bonchev–Trinajstić information content (AvgIpc) is 2.68. The Hall–Kier alpha value is -3.94. The highest BCUT2D eigenvalue weighted by Gasteiger charge is 2.14. The maximum absolute atomic E-state index is 13.7. The molecule has 3 N–H and O–H groups in total. The number of nitrogens with one attached hydrogen (secondary N) is 1. The van der Waals surface area contributed by atoms with Crippen LogP contribution in [0.3, 0.4) is 0 Å². The molecule has 0 saturated heterocycles. The molecule has 1 heterocycles. The molecule has 8 heteroatoms. The van der Waals surface area contributed by atoms with Crippen LogP contribution in [0.25, 0.3) is 0 Å². The highest BCUT2D eigenvalue weighted by atomic mass is 19.1. The Balaban J connectivity index is 1.74. The van der Waals surface area contributed by atoms with Gasteiger partial charge in [0, 0.05) is 23.0 Å². The molecule has 0 radical (unpaired) electrons. The van der Waals surface area contributed by atoms with E-state index in [-0.39, 0.29) is 17.7 Å². The second-order valence-electron chi connectivity index (χ2n) is 5.81. The molecule has 0 atom stereocenters. The van der Waals surface area contributed by atoms with Crippen LogP contribution in [0.2, 0.25) is 0 Å². The first kappa shape index (κ1) is 18.8. The van der Waals surface area contributed by atoms with Crippen molar-refractivity contribution in [1.82, 2.24) is 4.73 Å². The SMILES string of the molecule is NC(=O)c1ccc(NC(=O)c2cccn(OCc3ccccc3F)c2=O)cc1. The minimum absolute atomic E-state index is 0.157. The summed E-state index contributed by atoms with van der Waals surface area (Å²) in [5, 5.41) is 2.56. The largest absolute Gasteiger partial charge is 0.406 e. The molecule has 7 nitrogen and oxygen atoms in total. The Morgan fingerprint density at radius 2 is 1.75 bits per heavy atom. The van der Waals surface area contributed by atoms with Gasteiger partial charge in [-0.15, -0.1) is 0 Å². The number of hydrogen-bond acceptors (Lipinski definition) is 4. The number of benzene rings is 2. The van der Waals surface area contributed by atoms with Gasteiger partial charge in [-0.2, -0.15) is 4.73 Å². The number of pyridine rings is 1. The summed E-state index contributed by atoms with van der Waals surface area (Å²) in [7, 11) is 0.